The minimum Gasteiger partial charge on any atom is -0.263 e. The van der Waals surface area contributed by atoms with E-state index in [0.717, 1.165) is 12.2 Å². The molecule has 0 aliphatic carbocycles. The van der Waals surface area contributed by atoms with Gasteiger partial charge in [-0.1, -0.05) is 6.07 Å². The van der Waals surface area contributed by atoms with Crippen molar-refractivity contribution < 1.29 is 0 Å². The van der Waals surface area contributed by atoms with E-state index in [-0.39, 0.29) is 0 Å². The van der Waals surface area contributed by atoms with Crippen LogP contribution in [-0.4, -0.2) is 15.7 Å². The zero-order chi connectivity index (χ0) is 9.10. The van der Waals surface area contributed by atoms with E-state index in [0.29, 0.717) is 5.88 Å². The van der Waals surface area contributed by atoms with Gasteiger partial charge in [0.25, 0.3) is 0 Å². The lowest BCUT2D eigenvalue weighted by molar-refractivity contribution is 0.672. The Bertz CT molecular complexity index is 367. The topological polar surface area (TPSA) is 17.8 Å². The second kappa shape index (κ2) is 3.94. The molecule has 2 aromatic heterocycles. The van der Waals surface area contributed by atoms with Gasteiger partial charge in [-0.2, -0.15) is 5.10 Å². The van der Waals surface area contributed by atoms with Crippen LogP contribution in [0.1, 0.15) is 0 Å². The molecule has 0 saturated carbocycles. The summed E-state index contributed by atoms with van der Waals surface area (Å²) >= 11 is 7.39. The lowest BCUT2D eigenvalue weighted by Crippen LogP contribution is -2.02. The van der Waals surface area contributed by atoms with E-state index in [1.807, 2.05) is 23.0 Å². The lowest BCUT2D eigenvalue weighted by atomic mass is 10.3. The van der Waals surface area contributed by atoms with Gasteiger partial charge in [-0.3, -0.25) is 4.68 Å². The molecule has 0 bridgehead atoms. The zero-order valence-corrected chi connectivity index (χ0v) is 8.55. The third-order valence-corrected chi connectivity index (χ3v) is 2.85. The molecule has 0 atom stereocenters. The number of nitrogens with zero attached hydrogens (tertiary/aromatic N) is 2. The number of aryl methyl sites for hydroxylation is 1. The van der Waals surface area contributed by atoms with E-state index in [9.17, 15) is 0 Å². The van der Waals surface area contributed by atoms with Gasteiger partial charge in [0.15, 0.2) is 0 Å². The van der Waals surface area contributed by atoms with E-state index in [1.165, 1.54) is 4.88 Å². The monoisotopic (exact) mass is 212 g/mol. The predicted molar refractivity (Wildman–Crippen MR) is 56.3 cm³/mol. The smallest absolute Gasteiger partial charge is 0.0782 e. The maximum absolute atomic E-state index is 5.67. The summed E-state index contributed by atoms with van der Waals surface area (Å²) in [6.07, 6.45) is 1.81. The molecule has 0 fully saturated rings. The van der Waals surface area contributed by atoms with Gasteiger partial charge in [0.05, 0.1) is 17.1 Å². The number of aromatic nitrogens is 2. The molecule has 0 aliphatic heterocycles. The van der Waals surface area contributed by atoms with Gasteiger partial charge in [0, 0.05) is 12.1 Å². The van der Waals surface area contributed by atoms with Crippen molar-refractivity contribution in [3.05, 3.63) is 29.8 Å². The van der Waals surface area contributed by atoms with Crippen LogP contribution < -0.4 is 0 Å². The van der Waals surface area contributed by atoms with Gasteiger partial charge in [-0.05, 0) is 17.5 Å². The number of alkyl halides is 1. The first-order valence-corrected chi connectivity index (χ1v) is 5.45. The summed E-state index contributed by atoms with van der Waals surface area (Å²) in [6.45, 7) is 0.766. The van der Waals surface area contributed by atoms with E-state index >= 15 is 0 Å². The largest absolute Gasteiger partial charge is 0.263 e. The lowest BCUT2D eigenvalue weighted by Gasteiger charge is -2.02. The maximum Gasteiger partial charge on any atom is 0.0782 e. The molecule has 0 N–H and O–H groups in total. The van der Waals surface area contributed by atoms with E-state index < -0.39 is 0 Å². The Hall–Kier alpha value is -0.800. The summed E-state index contributed by atoms with van der Waals surface area (Å²) in [5.74, 6) is 0.597. The third kappa shape index (κ3) is 1.76. The fourth-order valence-corrected chi connectivity index (χ4v) is 2.14. The zero-order valence-electron chi connectivity index (χ0n) is 6.98. The van der Waals surface area contributed by atoms with Crippen molar-refractivity contribution in [2.24, 2.45) is 0 Å². The Kier molecular flexibility index (Phi) is 2.66. The molecule has 0 radical (unpaired) electrons. The molecular weight excluding hydrogens is 204 g/mol. The van der Waals surface area contributed by atoms with Crippen LogP contribution in [0.2, 0.25) is 0 Å². The summed E-state index contributed by atoms with van der Waals surface area (Å²) in [7, 11) is 0. The van der Waals surface area contributed by atoms with Crippen LogP contribution in [0, 0.1) is 0 Å². The quantitative estimate of drug-likeness (QED) is 0.716. The SMILES string of the molecule is ClCCn1nccc1-c1cccs1. The number of hydrogen-bond donors (Lipinski definition) is 0. The average Bonchev–Trinajstić information content (AvgIpc) is 2.71. The van der Waals surface area contributed by atoms with Gasteiger partial charge >= 0.3 is 0 Å². The number of rotatable bonds is 3. The second-order valence-electron chi connectivity index (χ2n) is 2.61. The molecule has 0 aromatic carbocycles. The number of halogens is 1. The van der Waals surface area contributed by atoms with Gasteiger partial charge < -0.3 is 0 Å². The maximum atomic E-state index is 5.67. The molecule has 0 unspecified atom stereocenters. The molecule has 2 heterocycles. The van der Waals surface area contributed by atoms with Gasteiger partial charge in [0.2, 0.25) is 0 Å². The molecule has 0 amide bonds. The van der Waals surface area contributed by atoms with Crippen LogP contribution in [0.4, 0.5) is 0 Å². The Balaban J connectivity index is 2.35. The first kappa shape index (κ1) is 8.78. The highest BCUT2D eigenvalue weighted by atomic mass is 35.5. The van der Waals surface area contributed by atoms with Crippen LogP contribution in [0.3, 0.4) is 0 Å². The molecule has 2 nitrogen and oxygen atoms in total. The normalized spacial score (nSPS) is 10.5. The van der Waals surface area contributed by atoms with E-state index in [4.69, 9.17) is 11.6 Å². The molecule has 13 heavy (non-hydrogen) atoms. The fraction of sp³-hybridized carbons (Fsp3) is 0.222. The van der Waals surface area contributed by atoms with Crippen molar-refractivity contribution in [3.8, 4) is 10.6 Å². The molecule has 4 heteroatoms. The van der Waals surface area contributed by atoms with Crippen LogP contribution in [0.5, 0.6) is 0 Å². The summed E-state index contributed by atoms with van der Waals surface area (Å²) in [5.41, 5.74) is 1.15. The molecule has 2 rings (SSSR count). The van der Waals surface area contributed by atoms with Crippen molar-refractivity contribution in [3.63, 3.8) is 0 Å². The minimum atomic E-state index is 0.597. The Morgan fingerprint density at radius 2 is 2.38 bits per heavy atom. The summed E-state index contributed by atoms with van der Waals surface area (Å²) < 4.78 is 1.93. The van der Waals surface area contributed by atoms with E-state index in [1.54, 1.807) is 11.3 Å². The predicted octanol–water partition coefficient (Wildman–Crippen LogP) is 2.85. The molecule has 0 saturated heterocycles. The molecule has 2 aromatic rings. The third-order valence-electron chi connectivity index (χ3n) is 1.79. The highest BCUT2D eigenvalue weighted by molar-refractivity contribution is 7.13. The first-order valence-electron chi connectivity index (χ1n) is 4.03. The van der Waals surface area contributed by atoms with Crippen molar-refractivity contribution in [1.82, 2.24) is 9.78 Å². The molecule has 0 aliphatic rings. The first-order chi connectivity index (χ1) is 6.42. The summed E-state index contributed by atoms with van der Waals surface area (Å²) in [4.78, 5) is 1.24. The van der Waals surface area contributed by atoms with Crippen molar-refractivity contribution in [2.75, 3.05) is 5.88 Å². The highest BCUT2D eigenvalue weighted by Crippen LogP contribution is 2.23. The summed E-state index contributed by atoms with van der Waals surface area (Å²) in [6, 6.07) is 6.14. The van der Waals surface area contributed by atoms with Crippen LogP contribution >= 0.6 is 22.9 Å². The number of thiophene rings is 1. The average molecular weight is 213 g/mol. The van der Waals surface area contributed by atoms with Gasteiger partial charge in [-0.15, -0.1) is 22.9 Å². The Labute approximate surface area is 85.8 Å². The van der Waals surface area contributed by atoms with Crippen LogP contribution in [-0.2, 0) is 6.54 Å². The highest BCUT2D eigenvalue weighted by Gasteiger charge is 2.04. The standard InChI is InChI=1S/C9H9ClN2S/c10-4-6-12-8(3-5-11-12)9-2-1-7-13-9/h1-3,5,7H,4,6H2. The van der Waals surface area contributed by atoms with E-state index in [2.05, 4.69) is 16.5 Å². The van der Waals surface area contributed by atoms with Gasteiger partial charge in [-0.25, -0.2) is 0 Å². The fourth-order valence-electron chi connectivity index (χ4n) is 1.22. The van der Waals surface area contributed by atoms with Crippen molar-refractivity contribution in [1.29, 1.82) is 0 Å². The second-order valence-corrected chi connectivity index (χ2v) is 3.93. The summed E-state index contributed by atoms with van der Waals surface area (Å²) in [5, 5.41) is 6.26. The molecule has 0 spiro atoms. The molecular formula is C9H9ClN2S. The van der Waals surface area contributed by atoms with Crippen LogP contribution in [0.25, 0.3) is 10.6 Å². The minimum absolute atomic E-state index is 0.597. The number of hydrogen-bond acceptors (Lipinski definition) is 2. The van der Waals surface area contributed by atoms with Crippen molar-refractivity contribution in [2.45, 2.75) is 6.54 Å². The van der Waals surface area contributed by atoms with Gasteiger partial charge in [0.1, 0.15) is 0 Å². The molecule has 68 valence electrons. The van der Waals surface area contributed by atoms with Crippen molar-refractivity contribution >= 4 is 22.9 Å². The Morgan fingerprint density at radius 3 is 3.08 bits per heavy atom. The Morgan fingerprint density at radius 1 is 1.46 bits per heavy atom. The van der Waals surface area contributed by atoms with Crippen LogP contribution in [0.15, 0.2) is 29.8 Å².